The predicted molar refractivity (Wildman–Crippen MR) is 89.0 cm³/mol. The number of ether oxygens (including phenoxy) is 1. The van der Waals surface area contributed by atoms with Crippen LogP contribution in [0.25, 0.3) is 16.9 Å². The molecule has 0 aliphatic carbocycles. The van der Waals surface area contributed by atoms with Gasteiger partial charge >= 0.3 is 0 Å². The van der Waals surface area contributed by atoms with Gasteiger partial charge in [0.2, 0.25) is 0 Å². The van der Waals surface area contributed by atoms with Gasteiger partial charge in [0.25, 0.3) is 0 Å². The molecule has 2 aromatic heterocycles. The van der Waals surface area contributed by atoms with Crippen LogP contribution in [0, 0.1) is 0 Å². The van der Waals surface area contributed by atoms with E-state index in [-0.39, 0.29) is 6.23 Å². The van der Waals surface area contributed by atoms with Gasteiger partial charge in [0.1, 0.15) is 11.4 Å². The standard InChI is InChI=1S/C18H21N3O/c1-4-18(20(2)3)22-15-10-8-14(9-11-15)16-13-21-12-6-5-7-17(21)19-16/h5-13,18H,4H2,1-3H3. The minimum Gasteiger partial charge on any atom is -0.475 e. The van der Waals surface area contributed by atoms with Crippen LogP contribution in [0.15, 0.2) is 54.9 Å². The molecule has 2 heterocycles. The molecule has 114 valence electrons. The molecule has 0 saturated heterocycles. The molecule has 3 rings (SSSR count). The van der Waals surface area contributed by atoms with E-state index in [1.165, 1.54) is 0 Å². The molecule has 4 heteroatoms. The van der Waals surface area contributed by atoms with Gasteiger partial charge in [0, 0.05) is 18.0 Å². The summed E-state index contributed by atoms with van der Waals surface area (Å²) in [5.41, 5.74) is 3.02. The molecule has 1 unspecified atom stereocenters. The average molecular weight is 295 g/mol. The lowest BCUT2D eigenvalue weighted by Crippen LogP contribution is -2.32. The van der Waals surface area contributed by atoms with Crippen molar-refractivity contribution in [3.63, 3.8) is 0 Å². The first-order valence-corrected chi connectivity index (χ1v) is 7.54. The van der Waals surface area contributed by atoms with E-state index in [1.54, 1.807) is 0 Å². The largest absolute Gasteiger partial charge is 0.475 e. The van der Waals surface area contributed by atoms with Crippen molar-refractivity contribution >= 4 is 5.65 Å². The van der Waals surface area contributed by atoms with E-state index in [0.29, 0.717) is 0 Å². The summed E-state index contributed by atoms with van der Waals surface area (Å²) in [5, 5.41) is 0. The lowest BCUT2D eigenvalue weighted by molar-refractivity contribution is 0.0613. The quantitative estimate of drug-likeness (QED) is 0.673. The number of fused-ring (bicyclic) bond motifs is 1. The maximum Gasteiger partial charge on any atom is 0.151 e. The Bertz CT molecular complexity index is 713. The molecule has 0 aliphatic rings. The number of aromatic nitrogens is 2. The maximum absolute atomic E-state index is 5.98. The van der Waals surface area contributed by atoms with Crippen molar-refractivity contribution in [1.29, 1.82) is 0 Å². The fraction of sp³-hybridized carbons (Fsp3) is 0.278. The minimum absolute atomic E-state index is 0.0982. The number of nitrogens with zero attached hydrogens (tertiary/aromatic N) is 3. The van der Waals surface area contributed by atoms with Gasteiger partial charge in [-0.3, -0.25) is 4.90 Å². The van der Waals surface area contributed by atoms with E-state index >= 15 is 0 Å². The van der Waals surface area contributed by atoms with Crippen LogP contribution in [-0.4, -0.2) is 34.6 Å². The molecular weight excluding hydrogens is 274 g/mol. The van der Waals surface area contributed by atoms with Crippen molar-refractivity contribution in [2.75, 3.05) is 14.1 Å². The van der Waals surface area contributed by atoms with Gasteiger partial charge in [-0.15, -0.1) is 0 Å². The van der Waals surface area contributed by atoms with E-state index in [2.05, 4.69) is 28.9 Å². The van der Waals surface area contributed by atoms with Crippen LogP contribution < -0.4 is 4.74 Å². The van der Waals surface area contributed by atoms with E-state index in [1.807, 2.05) is 61.2 Å². The van der Waals surface area contributed by atoms with E-state index < -0.39 is 0 Å². The number of hydrogen-bond donors (Lipinski definition) is 0. The van der Waals surface area contributed by atoms with Gasteiger partial charge in [-0.2, -0.15) is 0 Å². The summed E-state index contributed by atoms with van der Waals surface area (Å²) in [5.74, 6) is 0.882. The second kappa shape index (κ2) is 6.20. The molecule has 0 fully saturated rings. The van der Waals surface area contributed by atoms with Gasteiger partial charge in [-0.1, -0.05) is 13.0 Å². The van der Waals surface area contributed by atoms with Crippen LogP contribution in [0.1, 0.15) is 13.3 Å². The molecule has 0 N–H and O–H groups in total. The fourth-order valence-electron chi connectivity index (χ4n) is 2.49. The summed E-state index contributed by atoms with van der Waals surface area (Å²) in [7, 11) is 4.05. The summed E-state index contributed by atoms with van der Waals surface area (Å²) in [6, 6.07) is 14.1. The zero-order valence-corrected chi connectivity index (χ0v) is 13.2. The van der Waals surface area contributed by atoms with Gasteiger partial charge in [-0.05, 0) is 56.9 Å². The molecular formula is C18H21N3O. The Hall–Kier alpha value is -2.33. The molecule has 1 aromatic carbocycles. The summed E-state index contributed by atoms with van der Waals surface area (Å²) >= 11 is 0. The molecule has 0 radical (unpaired) electrons. The van der Waals surface area contributed by atoms with Gasteiger partial charge in [0.15, 0.2) is 6.23 Å². The second-order valence-electron chi connectivity index (χ2n) is 5.56. The van der Waals surface area contributed by atoms with Crippen LogP contribution >= 0.6 is 0 Å². The maximum atomic E-state index is 5.98. The van der Waals surface area contributed by atoms with E-state index in [9.17, 15) is 0 Å². The lowest BCUT2D eigenvalue weighted by Gasteiger charge is -2.24. The third-order valence-corrected chi connectivity index (χ3v) is 3.71. The molecule has 3 aromatic rings. The number of hydrogen-bond acceptors (Lipinski definition) is 3. The van der Waals surface area contributed by atoms with Crippen molar-refractivity contribution in [2.45, 2.75) is 19.6 Å². The summed E-state index contributed by atoms with van der Waals surface area (Å²) in [6.45, 7) is 2.12. The Morgan fingerprint density at radius 3 is 2.55 bits per heavy atom. The van der Waals surface area contributed by atoms with E-state index in [0.717, 1.165) is 29.1 Å². The first kappa shape index (κ1) is 14.6. The number of pyridine rings is 1. The molecule has 0 bridgehead atoms. The summed E-state index contributed by atoms with van der Waals surface area (Å²) in [4.78, 5) is 6.71. The van der Waals surface area contributed by atoms with Crippen LogP contribution in [0.2, 0.25) is 0 Å². The average Bonchev–Trinajstić information content (AvgIpc) is 2.97. The highest BCUT2D eigenvalue weighted by Crippen LogP contribution is 2.23. The second-order valence-corrected chi connectivity index (χ2v) is 5.56. The molecule has 0 saturated carbocycles. The Morgan fingerprint density at radius 2 is 1.91 bits per heavy atom. The Balaban J connectivity index is 1.81. The van der Waals surface area contributed by atoms with Crippen LogP contribution in [0.5, 0.6) is 5.75 Å². The number of benzene rings is 1. The van der Waals surface area contributed by atoms with Crippen molar-refractivity contribution < 1.29 is 4.74 Å². The zero-order valence-electron chi connectivity index (χ0n) is 13.2. The predicted octanol–water partition coefficient (Wildman–Crippen LogP) is 3.68. The molecule has 0 amide bonds. The monoisotopic (exact) mass is 295 g/mol. The third-order valence-electron chi connectivity index (χ3n) is 3.71. The summed E-state index contributed by atoms with van der Waals surface area (Å²) in [6.07, 6.45) is 5.09. The number of rotatable bonds is 5. The minimum atomic E-state index is 0.0982. The van der Waals surface area contributed by atoms with Crippen molar-refractivity contribution in [3.05, 3.63) is 54.9 Å². The highest BCUT2D eigenvalue weighted by molar-refractivity contribution is 5.63. The topological polar surface area (TPSA) is 29.8 Å². The highest BCUT2D eigenvalue weighted by atomic mass is 16.5. The Kier molecular flexibility index (Phi) is 4.11. The van der Waals surface area contributed by atoms with E-state index in [4.69, 9.17) is 4.74 Å². The van der Waals surface area contributed by atoms with Gasteiger partial charge < -0.3 is 9.14 Å². The lowest BCUT2D eigenvalue weighted by atomic mass is 10.1. The number of imidazole rings is 1. The Labute approximate surface area is 131 Å². The van der Waals surface area contributed by atoms with Crippen LogP contribution in [0.4, 0.5) is 0 Å². The van der Waals surface area contributed by atoms with Gasteiger partial charge in [-0.25, -0.2) is 4.98 Å². The van der Waals surface area contributed by atoms with Crippen molar-refractivity contribution in [3.8, 4) is 17.0 Å². The summed E-state index contributed by atoms with van der Waals surface area (Å²) < 4.78 is 8.00. The van der Waals surface area contributed by atoms with Crippen molar-refractivity contribution in [1.82, 2.24) is 14.3 Å². The highest BCUT2D eigenvalue weighted by Gasteiger charge is 2.10. The molecule has 22 heavy (non-hydrogen) atoms. The first-order valence-electron chi connectivity index (χ1n) is 7.54. The molecule has 0 spiro atoms. The van der Waals surface area contributed by atoms with Crippen molar-refractivity contribution in [2.24, 2.45) is 0 Å². The molecule has 0 aliphatic heterocycles. The third kappa shape index (κ3) is 2.97. The molecule has 4 nitrogen and oxygen atoms in total. The fourth-order valence-corrected chi connectivity index (χ4v) is 2.49. The SMILES string of the molecule is CCC(Oc1ccc(-c2cn3ccccc3n2)cc1)N(C)C. The zero-order chi connectivity index (χ0) is 15.5. The smallest absolute Gasteiger partial charge is 0.151 e. The molecule has 1 atom stereocenters. The normalized spacial score (nSPS) is 12.7. The van der Waals surface area contributed by atoms with Crippen LogP contribution in [0.3, 0.4) is 0 Å². The van der Waals surface area contributed by atoms with Gasteiger partial charge in [0.05, 0.1) is 5.69 Å². The Morgan fingerprint density at radius 1 is 1.14 bits per heavy atom. The first-order chi connectivity index (χ1) is 10.7. The van der Waals surface area contributed by atoms with Crippen LogP contribution in [-0.2, 0) is 0 Å².